The van der Waals surface area contributed by atoms with E-state index in [0.717, 1.165) is 23.8 Å². The average Bonchev–Trinajstić information content (AvgIpc) is 1.00. The van der Waals surface area contributed by atoms with Crippen molar-refractivity contribution in [1.82, 2.24) is 0 Å². The second kappa shape index (κ2) is 76.3. The van der Waals surface area contributed by atoms with E-state index in [0.29, 0.717) is 58.6 Å². The van der Waals surface area contributed by atoms with Gasteiger partial charge in [0.15, 0.2) is 0 Å². The van der Waals surface area contributed by atoms with Crippen molar-refractivity contribution in [2.45, 2.75) is 179 Å². The molecular formula is C81H131O10P3. The van der Waals surface area contributed by atoms with Crippen molar-refractivity contribution in [1.29, 1.82) is 0 Å². The molecule has 0 aliphatic carbocycles. The van der Waals surface area contributed by atoms with Gasteiger partial charge in [0.25, 0.3) is 0 Å². The highest BCUT2D eigenvalue weighted by Gasteiger charge is 2.23. The largest absolute Gasteiger partial charge is 0.335 e. The average molecular weight is 1360 g/mol. The molecule has 13 heteroatoms. The van der Waals surface area contributed by atoms with Crippen LogP contribution in [0, 0.1) is 20.8 Å². The molecule has 0 saturated heterocycles. The zero-order valence-electron chi connectivity index (χ0n) is 60.6. The summed E-state index contributed by atoms with van der Waals surface area (Å²) in [6, 6.07) is 55.3. The van der Waals surface area contributed by atoms with E-state index in [1.807, 2.05) is 187 Å². The fourth-order valence-electron chi connectivity index (χ4n) is 6.44. The van der Waals surface area contributed by atoms with Crippen molar-refractivity contribution in [3.05, 3.63) is 250 Å². The van der Waals surface area contributed by atoms with Gasteiger partial charge in [0.05, 0.1) is 52.4 Å². The van der Waals surface area contributed by atoms with Gasteiger partial charge in [-0.05, 0) is 122 Å². The molecule has 6 aromatic rings. The molecule has 0 atom stereocenters. The van der Waals surface area contributed by atoms with Gasteiger partial charge in [-0.2, -0.15) is 0 Å². The standard InChI is InChI=1S/C17H16.C12H14.C11H17O3P.C10H10O.C8H10.2C6H15O3P.C3H8.3C2H6.2CH4/c1-15-11-13-17(14-12-15)10-6-5-9-16-7-3-2-4-8-16;1-3-4-5-6-12-9-7-11(2)8-10-12;1-3-13-15(12,14-4-2)10-11-8-6-5-7-9-11;1-9-4-6-10(7-5-9)3-2-8-11;1-2-8-6-4-3-5-7-8;1-4-8-10(7,6-3)9-5-2;1-4-7-10(8-5-2)9-6-3;1-3-2;3*1-2;;/h2-14H,1H3;3-10H,1-2H3;5-9H,3-4,10H2,1-2H3;2-8H,1H3;3-7H,2H2,1H3;2*4-6H2,1-3H3;3H2,1-2H3;3*1-2H3;2*1H4/b9-5+,10-6+;4-3+,6-5+;;3-2+;;;;;;;;;. The summed E-state index contributed by atoms with van der Waals surface area (Å²) < 4.78 is 59.2. The van der Waals surface area contributed by atoms with E-state index in [1.54, 1.807) is 26.8 Å². The lowest BCUT2D eigenvalue weighted by Gasteiger charge is -2.16. The Hall–Kier alpha value is -5.70. The molecule has 0 aliphatic heterocycles. The molecular weight excluding hydrogens is 1230 g/mol. The highest BCUT2D eigenvalue weighted by Crippen LogP contribution is 2.51. The molecule has 0 unspecified atom stereocenters. The van der Waals surface area contributed by atoms with Crippen molar-refractivity contribution in [2.24, 2.45) is 0 Å². The second-order valence-electron chi connectivity index (χ2n) is 18.1. The van der Waals surface area contributed by atoms with Gasteiger partial charge in [-0.25, -0.2) is 0 Å². The van der Waals surface area contributed by atoms with Crippen LogP contribution in [0.5, 0.6) is 0 Å². The Balaban J connectivity index is -0.000000185. The van der Waals surface area contributed by atoms with Crippen LogP contribution in [-0.4, -0.2) is 58.7 Å². The van der Waals surface area contributed by atoms with Crippen molar-refractivity contribution in [2.75, 3.05) is 52.4 Å². The van der Waals surface area contributed by atoms with E-state index in [2.05, 4.69) is 150 Å². The van der Waals surface area contributed by atoms with Crippen molar-refractivity contribution in [3.63, 3.8) is 0 Å². The second-order valence-corrected chi connectivity index (χ2v) is 23.8. The fraction of sp³-hybridized carbons (Fsp3) is 0.420. The van der Waals surface area contributed by atoms with Crippen molar-refractivity contribution in [3.8, 4) is 0 Å². The maximum absolute atomic E-state index is 12.1. The molecule has 0 spiro atoms. The van der Waals surface area contributed by atoms with Crippen LogP contribution in [-0.2, 0) is 58.2 Å². The van der Waals surface area contributed by atoms with Gasteiger partial charge in [0, 0.05) is 6.16 Å². The number of carbonyl (C=O) groups is 1. The molecule has 10 nitrogen and oxygen atoms in total. The van der Waals surface area contributed by atoms with E-state index in [-0.39, 0.29) is 14.9 Å². The van der Waals surface area contributed by atoms with Crippen LogP contribution >= 0.6 is 23.8 Å². The Kier molecular flexibility index (Phi) is 82.7. The molecule has 0 heterocycles. The summed E-state index contributed by atoms with van der Waals surface area (Å²) in [6.07, 6.45) is 23.8. The van der Waals surface area contributed by atoms with E-state index in [1.165, 1.54) is 51.4 Å². The third-order valence-corrected chi connectivity index (χ3v) is 16.1. The number of rotatable bonds is 25. The van der Waals surface area contributed by atoms with Crippen LogP contribution < -0.4 is 0 Å². The lowest BCUT2D eigenvalue weighted by Crippen LogP contribution is -1.98. The summed E-state index contributed by atoms with van der Waals surface area (Å²) in [5, 5.41) is 0. The molecule has 0 radical (unpaired) electrons. The van der Waals surface area contributed by atoms with Crippen molar-refractivity contribution < 1.29 is 45.6 Å². The van der Waals surface area contributed by atoms with Gasteiger partial charge >= 0.3 is 23.8 Å². The molecule has 530 valence electrons. The highest BCUT2D eigenvalue weighted by molar-refractivity contribution is 7.53. The SMILES string of the molecule is C.C.C/C=C/C=C/c1ccc(C)cc1.CC.CC.CC.CCC.CCOP(=O)(CC)OCC.CCOP(=O)(Cc1ccccc1)OCC.CCOP(OCC)OCC.CCc1ccccc1.Cc1ccc(/C=C/C=C/c2ccccc2)cc1.Cc1ccc(/C=C/C=O)cc1. The van der Waals surface area contributed by atoms with Crippen LogP contribution in [0.25, 0.3) is 24.3 Å². The number of benzene rings is 6. The van der Waals surface area contributed by atoms with Crippen LogP contribution in [0.15, 0.2) is 200 Å². The minimum Gasteiger partial charge on any atom is -0.313 e. The van der Waals surface area contributed by atoms with Crippen LogP contribution in [0.3, 0.4) is 0 Å². The Labute approximate surface area is 578 Å². The first-order valence-corrected chi connectivity index (χ1v) is 37.7. The first-order chi connectivity index (χ1) is 44.6. The number of aryl methyl sites for hydroxylation is 4. The smallest absolute Gasteiger partial charge is 0.313 e. The molecule has 0 N–H and O–H groups in total. The fourth-order valence-corrected chi connectivity index (χ4v) is 10.2. The summed E-state index contributed by atoms with van der Waals surface area (Å²) in [5.74, 6) is 0. The van der Waals surface area contributed by atoms with Gasteiger partial charge in [-0.3, -0.25) is 13.9 Å². The van der Waals surface area contributed by atoms with Crippen molar-refractivity contribution >= 4 is 54.4 Å². The lowest BCUT2D eigenvalue weighted by molar-refractivity contribution is -0.104. The summed E-state index contributed by atoms with van der Waals surface area (Å²) >= 11 is 0. The molecule has 0 saturated carbocycles. The topological polar surface area (TPSA) is 116 Å². The van der Waals surface area contributed by atoms with Crippen LogP contribution in [0.4, 0.5) is 0 Å². The Morgan fingerprint density at radius 2 is 0.638 bits per heavy atom. The van der Waals surface area contributed by atoms with Crippen LogP contribution in [0.1, 0.15) is 196 Å². The minimum absolute atomic E-state index is 0. The maximum Gasteiger partial charge on any atom is 0.335 e. The Bertz CT molecular complexity index is 2700. The number of allylic oxidation sites excluding steroid dienone is 6. The molecule has 0 amide bonds. The molecule has 0 aromatic heterocycles. The molecule has 6 aromatic carbocycles. The third kappa shape index (κ3) is 63.7. The maximum atomic E-state index is 12.1. The predicted molar refractivity (Wildman–Crippen MR) is 420 cm³/mol. The van der Waals surface area contributed by atoms with Gasteiger partial charge in [0.2, 0.25) is 0 Å². The first-order valence-electron chi connectivity index (χ1n) is 33.1. The van der Waals surface area contributed by atoms with E-state index in [4.69, 9.17) is 31.7 Å². The third-order valence-electron chi connectivity index (χ3n) is 10.5. The number of aldehydes is 1. The first kappa shape index (κ1) is 102. The molecule has 94 heavy (non-hydrogen) atoms. The van der Waals surface area contributed by atoms with Gasteiger partial charge < -0.3 is 31.7 Å². The van der Waals surface area contributed by atoms with Crippen LogP contribution in [0.2, 0.25) is 0 Å². The van der Waals surface area contributed by atoms with E-state index < -0.39 is 23.8 Å². The van der Waals surface area contributed by atoms with Gasteiger partial charge in [-0.1, -0.05) is 326 Å². The number of hydrogen-bond donors (Lipinski definition) is 0. The van der Waals surface area contributed by atoms with E-state index in [9.17, 15) is 13.9 Å². The zero-order valence-corrected chi connectivity index (χ0v) is 63.3. The summed E-state index contributed by atoms with van der Waals surface area (Å²) in [7, 11) is -6.70. The van der Waals surface area contributed by atoms with Gasteiger partial charge in [-0.15, -0.1) is 0 Å². The van der Waals surface area contributed by atoms with E-state index >= 15 is 0 Å². The molecule has 0 fully saturated rings. The summed E-state index contributed by atoms with van der Waals surface area (Å²) in [5.41, 5.74) is 11.0. The predicted octanol–water partition coefficient (Wildman–Crippen LogP) is 26.6. The number of carbonyl (C=O) groups excluding carboxylic acids is 1. The molecule has 0 aliphatic rings. The monoisotopic (exact) mass is 1360 g/mol. The van der Waals surface area contributed by atoms with Gasteiger partial charge in [0.1, 0.15) is 6.29 Å². The molecule has 0 bridgehead atoms. The Morgan fingerprint density at radius 1 is 0.362 bits per heavy atom. The quantitative estimate of drug-likeness (QED) is 0.0237. The Morgan fingerprint density at radius 3 is 0.904 bits per heavy atom. The summed E-state index contributed by atoms with van der Waals surface area (Å²) in [4.78, 5) is 9.96. The highest BCUT2D eigenvalue weighted by atomic mass is 31.2. The number of hydrogen-bond acceptors (Lipinski definition) is 10. The molecule has 6 rings (SSSR count). The summed E-state index contributed by atoms with van der Waals surface area (Å²) in [6.45, 7) is 45.1. The lowest BCUT2D eigenvalue weighted by atomic mass is 10.1. The zero-order chi connectivity index (χ0) is 70.4. The minimum atomic E-state index is -2.94. The normalized spacial score (nSPS) is 10.1.